The first-order chi connectivity index (χ1) is 8.53. The lowest BCUT2D eigenvalue weighted by molar-refractivity contribution is -0.176. The van der Waals surface area contributed by atoms with Crippen molar-refractivity contribution < 1.29 is 17.9 Å². The van der Waals surface area contributed by atoms with Crippen molar-refractivity contribution in [3.05, 3.63) is 10.0 Å². The number of nitrogens with one attached hydrogen (secondary N) is 1. The third kappa shape index (κ3) is 5.28. The molecule has 4 nitrogen and oxygen atoms in total. The molecule has 1 fully saturated rings. The Kier molecular flexibility index (Phi) is 4.52. The van der Waals surface area contributed by atoms with E-state index in [0.29, 0.717) is 11.0 Å². The number of rotatable bonds is 7. The average molecular weight is 281 g/mol. The summed E-state index contributed by atoms with van der Waals surface area (Å²) in [6.07, 6.45) is -1.07. The highest BCUT2D eigenvalue weighted by Gasteiger charge is 2.27. The van der Waals surface area contributed by atoms with E-state index in [1.54, 1.807) is 0 Å². The number of hydrogen-bond acceptors (Lipinski definition) is 5. The average Bonchev–Trinajstić information content (AvgIpc) is 2.97. The van der Waals surface area contributed by atoms with Crippen LogP contribution in [0.5, 0.6) is 0 Å². The molecular formula is C10H14F3N3OS. The summed E-state index contributed by atoms with van der Waals surface area (Å²) in [6, 6.07) is 0.646. The van der Waals surface area contributed by atoms with Crippen LogP contribution in [-0.4, -0.2) is 35.6 Å². The lowest BCUT2D eigenvalue weighted by Gasteiger charge is -2.04. The summed E-state index contributed by atoms with van der Waals surface area (Å²) in [5.41, 5.74) is 0. The van der Waals surface area contributed by atoms with Gasteiger partial charge in [-0.25, -0.2) is 0 Å². The van der Waals surface area contributed by atoms with Gasteiger partial charge in [0.1, 0.15) is 23.2 Å². The van der Waals surface area contributed by atoms with Crippen molar-refractivity contribution in [3.8, 4) is 0 Å². The molecule has 0 radical (unpaired) electrons. The number of aromatic nitrogens is 2. The van der Waals surface area contributed by atoms with Crippen LogP contribution in [0.15, 0.2) is 0 Å². The Hall–Kier alpha value is -0.730. The van der Waals surface area contributed by atoms with E-state index in [1.165, 1.54) is 24.2 Å². The summed E-state index contributed by atoms with van der Waals surface area (Å²) in [6.45, 7) is -0.541. The Morgan fingerprint density at radius 2 is 2.00 bits per heavy atom. The lowest BCUT2D eigenvalue weighted by atomic mass is 10.4. The molecule has 1 saturated carbocycles. The summed E-state index contributed by atoms with van der Waals surface area (Å²) in [5.74, 6) is 0. The summed E-state index contributed by atoms with van der Waals surface area (Å²) < 4.78 is 40.1. The Labute approximate surface area is 107 Å². The predicted molar refractivity (Wildman–Crippen MR) is 60.3 cm³/mol. The zero-order valence-corrected chi connectivity index (χ0v) is 10.5. The topological polar surface area (TPSA) is 47.0 Å². The molecule has 1 aromatic rings. The first-order valence-electron chi connectivity index (χ1n) is 5.72. The Morgan fingerprint density at radius 1 is 1.28 bits per heavy atom. The minimum Gasteiger partial charge on any atom is -0.365 e. The van der Waals surface area contributed by atoms with Gasteiger partial charge in [-0.2, -0.15) is 13.2 Å². The van der Waals surface area contributed by atoms with Crippen LogP contribution in [-0.2, 0) is 17.8 Å². The second-order valence-corrected chi connectivity index (χ2v) is 5.32. The van der Waals surface area contributed by atoms with Crippen LogP contribution >= 0.6 is 11.3 Å². The maximum atomic E-state index is 11.8. The van der Waals surface area contributed by atoms with Crippen LogP contribution in [0.3, 0.4) is 0 Å². The zero-order chi connectivity index (χ0) is 13.0. The van der Waals surface area contributed by atoms with Crippen LogP contribution < -0.4 is 5.32 Å². The maximum absolute atomic E-state index is 11.8. The summed E-state index contributed by atoms with van der Waals surface area (Å²) >= 11 is 1.30. The molecule has 18 heavy (non-hydrogen) atoms. The predicted octanol–water partition coefficient (Wildman–Crippen LogP) is 1.91. The number of hydrogen-bond donors (Lipinski definition) is 1. The van der Waals surface area contributed by atoms with E-state index in [4.69, 9.17) is 0 Å². The van der Waals surface area contributed by atoms with Gasteiger partial charge in [0.25, 0.3) is 0 Å². The fraction of sp³-hybridized carbons (Fsp3) is 0.800. The van der Waals surface area contributed by atoms with Crippen molar-refractivity contribution >= 4 is 11.3 Å². The van der Waals surface area contributed by atoms with Gasteiger partial charge < -0.3 is 10.1 Å². The third-order valence-corrected chi connectivity index (χ3v) is 3.31. The van der Waals surface area contributed by atoms with Crippen LogP contribution in [0.4, 0.5) is 13.2 Å². The summed E-state index contributed by atoms with van der Waals surface area (Å²) in [4.78, 5) is 0. The van der Waals surface area contributed by atoms with E-state index < -0.39 is 12.8 Å². The monoisotopic (exact) mass is 281 g/mol. The molecule has 1 aliphatic rings. The molecule has 102 valence electrons. The fourth-order valence-electron chi connectivity index (χ4n) is 1.37. The van der Waals surface area contributed by atoms with Crippen LogP contribution in [0.2, 0.25) is 0 Å². The molecule has 0 unspecified atom stereocenters. The highest BCUT2D eigenvalue weighted by atomic mass is 32.1. The molecule has 1 heterocycles. The minimum atomic E-state index is -4.29. The maximum Gasteiger partial charge on any atom is 0.411 e. The van der Waals surface area contributed by atoms with Gasteiger partial charge in [0.2, 0.25) is 0 Å². The first-order valence-corrected chi connectivity index (χ1v) is 6.54. The molecule has 0 saturated heterocycles. The van der Waals surface area contributed by atoms with Crippen LogP contribution in [0.25, 0.3) is 0 Å². The van der Waals surface area contributed by atoms with E-state index >= 15 is 0 Å². The second-order valence-electron chi connectivity index (χ2n) is 4.18. The van der Waals surface area contributed by atoms with Gasteiger partial charge in [-0.1, -0.05) is 11.3 Å². The quantitative estimate of drug-likeness (QED) is 0.829. The molecule has 1 N–H and O–H groups in total. The Balaban J connectivity index is 1.65. The number of ether oxygens (including phenoxy) is 1. The van der Waals surface area contributed by atoms with Gasteiger partial charge in [0, 0.05) is 19.0 Å². The van der Waals surface area contributed by atoms with Crippen molar-refractivity contribution in [2.75, 3.05) is 13.2 Å². The van der Waals surface area contributed by atoms with Gasteiger partial charge >= 0.3 is 6.18 Å². The largest absolute Gasteiger partial charge is 0.411 e. The molecular weight excluding hydrogens is 267 g/mol. The SMILES string of the molecule is FC(F)(F)COCc1nnc(CCNC2CC2)s1. The molecule has 0 aromatic carbocycles. The van der Waals surface area contributed by atoms with Gasteiger partial charge in [0.05, 0.1) is 0 Å². The Bertz CT molecular complexity index is 379. The van der Waals surface area contributed by atoms with E-state index in [9.17, 15) is 13.2 Å². The minimum absolute atomic E-state index is 0.132. The van der Waals surface area contributed by atoms with Crippen molar-refractivity contribution in [1.82, 2.24) is 15.5 Å². The van der Waals surface area contributed by atoms with E-state index in [1.807, 2.05) is 0 Å². The molecule has 0 aliphatic heterocycles. The highest BCUT2D eigenvalue weighted by Crippen LogP contribution is 2.19. The van der Waals surface area contributed by atoms with Crippen LogP contribution in [0, 0.1) is 0 Å². The fourth-order valence-corrected chi connectivity index (χ4v) is 2.15. The van der Waals surface area contributed by atoms with Crippen molar-refractivity contribution in [2.24, 2.45) is 0 Å². The number of alkyl halides is 3. The number of halogens is 3. The second kappa shape index (κ2) is 5.94. The molecule has 1 aliphatic carbocycles. The number of nitrogens with zero attached hydrogens (tertiary/aromatic N) is 2. The van der Waals surface area contributed by atoms with E-state index in [0.717, 1.165) is 18.0 Å². The zero-order valence-electron chi connectivity index (χ0n) is 9.66. The Morgan fingerprint density at radius 3 is 2.67 bits per heavy atom. The van der Waals surface area contributed by atoms with E-state index in [-0.39, 0.29) is 6.61 Å². The molecule has 1 aromatic heterocycles. The van der Waals surface area contributed by atoms with Gasteiger partial charge in [-0.3, -0.25) is 0 Å². The molecule has 8 heteroatoms. The molecule has 0 amide bonds. The van der Waals surface area contributed by atoms with Crippen LogP contribution in [0.1, 0.15) is 22.9 Å². The first kappa shape index (κ1) is 13.7. The molecule has 0 atom stereocenters. The normalized spacial score (nSPS) is 16.2. The summed E-state index contributed by atoms with van der Waals surface area (Å²) in [7, 11) is 0. The van der Waals surface area contributed by atoms with Crippen molar-refractivity contribution in [1.29, 1.82) is 0 Å². The lowest BCUT2D eigenvalue weighted by Crippen LogP contribution is -2.19. The summed E-state index contributed by atoms with van der Waals surface area (Å²) in [5, 5.41) is 12.4. The molecule has 2 rings (SSSR count). The third-order valence-electron chi connectivity index (χ3n) is 2.35. The molecule has 0 spiro atoms. The standard InChI is InChI=1S/C10H14F3N3OS/c11-10(12,13)6-17-5-9-16-15-8(18-9)3-4-14-7-1-2-7/h7,14H,1-6H2. The highest BCUT2D eigenvalue weighted by molar-refractivity contribution is 7.11. The van der Waals surface area contributed by atoms with Gasteiger partial charge in [-0.15, -0.1) is 10.2 Å². The van der Waals surface area contributed by atoms with Gasteiger partial charge in [0.15, 0.2) is 0 Å². The smallest absolute Gasteiger partial charge is 0.365 e. The van der Waals surface area contributed by atoms with Gasteiger partial charge in [-0.05, 0) is 12.8 Å². The van der Waals surface area contributed by atoms with E-state index in [2.05, 4.69) is 20.3 Å². The molecule has 0 bridgehead atoms. The van der Waals surface area contributed by atoms with Crippen molar-refractivity contribution in [2.45, 2.75) is 38.1 Å². The van der Waals surface area contributed by atoms with Crippen molar-refractivity contribution in [3.63, 3.8) is 0 Å².